The van der Waals surface area contributed by atoms with Crippen LogP contribution in [0.1, 0.15) is 11.4 Å². The Hall–Kier alpha value is -4.52. The smallest absolute Gasteiger partial charge is 0.228 e. The number of amides is 1. The van der Waals surface area contributed by atoms with Crippen molar-refractivity contribution >= 4 is 22.4 Å². The van der Waals surface area contributed by atoms with Crippen molar-refractivity contribution in [2.24, 2.45) is 0 Å². The van der Waals surface area contributed by atoms with Crippen molar-refractivity contribution < 1.29 is 9.53 Å². The van der Waals surface area contributed by atoms with Crippen LogP contribution < -0.4 is 10.1 Å². The molecule has 0 saturated carbocycles. The highest BCUT2D eigenvalue weighted by Crippen LogP contribution is 2.23. The second-order valence-corrected chi connectivity index (χ2v) is 7.55. The third-order valence-corrected chi connectivity index (χ3v) is 5.29. The summed E-state index contributed by atoms with van der Waals surface area (Å²) in [6, 6.07) is 23.0. The summed E-state index contributed by atoms with van der Waals surface area (Å²) in [4.78, 5) is 25.3. The summed E-state index contributed by atoms with van der Waals surface area (Å²) in [5, 5.41) is 5.17. The van der Waals surface area contributed by atoms with E-state index in [0.717, 1.165) is 22.2 Å². The first-order valence-corrected chi connectivity index (χ1v) is 10.5. The molecule has 2 heterocycles. The number of ether oxygens (including phenoxy) is 1. The molecule has 1 N–H and O–H groups in total. The number of carbonyl (C=O) groups excluding carboxylic acids is 1. The van der Waals surface area contributed by atoms with E-state index < -0.39 is 0 Å². The molecule has 0 radical (unpaired) electrons. The maximum Gasteiger partial charge on any atom is 0.228 e. The molecule has 1 amide bonds. The van der Waals surface area contributed by atoms with Crippen molar-refractivity contribution in [1.82, 2.24) is 19.5 Å². The van der Waals surface area contributed by atoms with E-state index in [9.17, 15) is 4.79 Å². The maximum absolute atomic E-state index is 12.6. The molecule has 0 aliphatic rings. The molecule has 5 rings (SSSR count). The lowest BCUT2D eigenvalue weighted by atomic mass is 10.0. The van der Waals surface area contributed by atoms with E-state index in [1.165, 1.54) is 6.33 Å². The van der Waals surface area contributed by atoms with Gasteiger partial charge in [0, 0.05) is 24.1 Å². The molecular weight excluding hydrogens is 414 g/mol. The largest absolute Gasteiger partial charge is 0.439 e. The number of fused-ring (bicyclic) bond motifs is 1. The van der Waals surface area contributed by atoms with Crippen LogP contribution in [0.3, 0.4) is 0 Å². The molecule has 162 valence electrons. The summed E-state index contributed by atoms with van der Waals surface area (Å²) in [6.07, 6.45) is 5.30. The van der Waals surface area contributed by atoms with Gasteiger partial charge in [0.1, 0.15) is 23.7 Å². The van der Waals surface area contributed by atoms with Gasteiger partial charge in [0.15, 0.2) is 0 Å². The molecule has 3 aromatic carbocycles. The zero-order valence-electron chi connectivity index (χ0n) is 18.0. The average molecular weight is 435 g/mol. The van der Waals surface area contributed by atoms with Crippen LogP contribution in [0.4, 0.5) is 5.69 Å². The number of anilines is 1. The molecule has 7 heteroatoms. The number of hydrogen-bond acceptors (Lipinski definition) is 5. The van der Waals surface area contributed by atoms with Crippen LogP contribution in [0.2, 0.25) is 0 Å². The summed E-state index contributed by atoms with van der Waals surface area (Å²) in [6.45, 7) is 1.90. The third-order valence-electron chi connectivity index (χ3n) is 5.29. The molecule has 0 atom stereocenters. The van der Waals surface area contributed by atoms with Crippen molar-refractivity contribution in [3.63, 3.8) is 0 Å². The fraction of sp³-hybridized carbons (Fsp3) is 0.0769. The molecule has 0 aliphatic carbocycles. The van der Waals surface area contributed by atoms with Crippen LogP contribution in [-0.4, -0.2) is 25.4 Å². The molecule has 0 aliphatic heterocycles. The summed E-state index contributed by atoms with van der Waals surface area (Å²) in [5.74, 6) is 2.45. The first-order valence-electron chi connectivity index (χ1n) is 10.5. The Labute approximate surface area is 190 Å². The van der Waals surface area contributed by atoms with Crippen molar-refractivity contribution in [2.45, 2.75) is 13.3 Å². The SMILES string of the molecule is Cc1nccn1-c1cc(Oc2ccc(NC(=O)Cc3cccc4ccccc34)cc2)ncn1. The van der Waals surface area contributed by atoms with Crippen molar-refractivity contribution in [2.75, 3.05) is 5.32 Å². The lowest BCUT2D eigenvalue weighted by molar-refractivity contribution is -0.115. The fourth-order valence-corrected chi connectivity index (χ4v) is 3.69. The topological polar surface area (TPSA) is 81.9 Å². The van der Waals surface area contributed by atoms with Crippen LogP contribution in [-0.2, 0) is 11.2 Å². The van der Waals surface area contributed by atoms with Gasteiger partial charge in [-0.2, -0.15) is 0 Å². The number of aromatic nitrogens is 4. The standard InChI is InChI=1S/C26H21N5O2/c1-18-27-13-14-31(18)24-16-26(29-17-28-24)33-22-11-9-21(10-12-22)30-25(32)15-20-7-4-6-19-5-2-3-8-23(19)20/h2-14,16-17H,15H2,1H3,(H,30,32). The zero-order chi connectivity index (χ0) is 22.6. The summed E-state index contributed by atoms with van der Waals surface area (Å²) in [7, 11) is 0. The molecule has 0 fully saturated rings. The predicted octanol–water partition coefficient (Wildman–Crippen LogP) is 5.10. The van der Waals surface area contributed by atoms with E-state index in [2.05, 4.69) is 20.3 Å². The quantitative estimate of drug-likeness (QED) is 0.401. The van der Waals surface area contributed by atoms with Crippen LogP contribution in [0, 0.1) is 6.92 Å². The molecule has 0 bridgehead atoms. The van der Waals surface area contributed by atoms with Gasteiger partial charge in [-0.25, -0.2) is 15.0 Å². The highest BCUT2D eigenvalue weighted by molar-refractivity contribution is 5.96. The van der Waals surface area contributed by atoms with Gasteiger partial charge in [0.05, 0.1) is 6.42 Å². The Balaban J connectivity index is 1.25. The van der Waals surface area contributed by atoms with Crippen LogP contribution in [0.25, 0.3) is 16.6 Å². The Morgan fingerprint density at radius 2 is 1.79 bits per heavy atom. The zero-order valence-corrected chi connectivity index (χ0v) is 18.0. The highest BCUT2D eigenvalue weighted by atomic mass is 16.5. The molecule has 2 aromatic heterocycles. The van der Waals surface area contributed by atoms with Gasteiger partial charge in [-0.15, -0.1) is 0 Å². The Kier molecular flexibility index (Phi) is 5.51. The summed E-state index contributed by atoms with van der Waals surface area (Å²) in [5.41, 5.74) is 1.70. The number of nitrogens with zero attached hydrogens (tertiary/aromatic N) is 4. The predicted molar refractivity (Wildman–Crippen MR) is 127 cm³/mol. The van der Waals surface area contributed by atoms with Crippen molar-refractivity contribution in [3.8, 4) is 17.4 Å². The minimum Gasteiger partial charge on any atom is -0.439 e. The Morgan fingerprint density at radius 1 is 0.970 bits per heavy atom. The average Bonchev–Trinajstić information content (AvgIpc) is 3.27. The van der Waals surface area contributed by atoms with Gasteiger partial charge in [0.2, 0.25) is 11.8 Å². The van der Waals surface area contributed by atoms with Gasteiger partial charge in [0.25, 0.3) is 0 Å². The number of aryl methyl sites for hydroxylation is 1. The van der Waals surface area contributed by atoms with Gasteiger partial charge >= 0.3 is 0 Å². The van der Waals surface area contributed by atoms with Crippen LogP contribution >= 0.6 is 0 Å². The van der Waals surface area contributed by atoms with Gasteiger partial charge in [-0.3, -0.25) is 9.36 Å². The monoisotopic (exact) mass is 435 g/mol. The lowest BCUT2D eigenvalue weighted by Crippen LogP contribution is -2.14. The summed E-state index contributed by atoms with van der Waals surface area (Å²) >= 11 is 0. The molecular formula is C26H21N5O2. The van der Waals surface area contributed by atoms with E-state index in [-0.39, 0.29) is 5.91 Å². The molecule has 5 aromatic rings. The lowest BCUT2D eigenvalue weighted by Gasteiger charge is -2.10. The highest BCUT2D eigenvalue weighted by Gasteiger charge is 2.09. The van der Waals surface area contributed by atoms with E-state index in [4.69, 9.17) is 4.74 Å². The molecule has 33 heavy (non-hydrogen) atoms. The Bertz CT molecular complexity index is 1420. The Morgan fingerprint density at radius 3 is 2.61 bits per heavy atom. The number of benzene rings is 3. The fourth-order valence-electron chi connectivity index (χ4n) is 3.69. The summed E-state index contributed by atoms with van der Waals surface area (Å²) < 4.78 is 7.71. The van der Waals surface area contributed by atoms with Crippen molar-refractivity contribution in [1.29, 1.82) is 0 Å². The minimum atomic E-state index is -0.0730. The van der Waals surface area contributed by atoms with Gasteiger partial charge in [-0.05, 0) is 47.5 Å². The van der Waals surface area contributed by atoms with Gasteiger partial charge < -0.3 is 10.1 Å². The molecule has 0 unspecified atom stereocenters. The number of rotatable bonds is 6. The van der Waals surface area contributed by atoms with E-state index in [1.54, 1.807) is 36.5 Å². The second kappa shape index (κ2) is 8.92. The van der Waals surface area contributed by atoms with E-state index in [1.807, 2.05) is 60.2 Å². The van der Waals surface area contributed by atoms with Crippen molar-refractivity contribution in [3.05, 3.63) is 103 Å². The second-order valence-electron chi connectivity index (χ2n) is 7.55. The number of nitrogens with one attached hydrogen (secondary N) is 1. The van der Waals surface area contributed by atoms with Crippen LogP contribution in [0.15, 0.2) is 91.5 Å². The first-order chi connectivity index (χ1) is 16.2. The number of hydrogen-bond donors (Lipinski definition) is 1. The van der Waals surface area contributed by atoms with E-state index >= 15 is 0 Å². The van der Waals surface area contributed by atoms with Crippen LogP contribution in [0.5, 0.6) is 11.6 Å². The minimum absolute atomic E-state index is 0.0730. The molecule has 0 spiro atoms. The number of imidazole rings is 1. The number of carbonyl (C=O) groups is 1. The normalized spacial score (nSPS) is 10.8. The van der Waals surface area contributed by atoms with E-state index in [0.29, 0.717) is 29.6 Å². The first kappa shape index (κ1) is 20.4. The third kappa shape index (κ3) is 4.57. The molecule has 7 nitrogen and oxygen atoms in total. The molecule has 0 saturated heterocycles. The maximum atomic E-state index is 12.6. The van der Waals surface area contributed by atoms with Gasteiger partial charge in [-0.1, -0.05) is 42.5 Å².